The van der Waals surface area contributed by atoms with Crippen molar-refractivity contribution in [1.82, 2.24) is 0 Å². The molecule has 0 saturated carbocycles. The lowest BCUT2D eigenvalue weighted by Crippen LogP contribution is -2.09. The molecule has 0 aliphatic rings. The number of thiol groups is 1. The first-order chi connectivity index (χ1) is 8.12. The third-order valence-electron chi connectivity index (χ3n) is 2.24. The third-order valence-corrected chi connectivity index (χ3v) is 2.65. The summed E-state index contributed by atoms with van der Waals surface area (Å²) >= 11 is 4.19. The number of hydrogen-bond acceptors (Lipinski definition) is 5. The number of hydrogen-bond donors (Lipinski definition) is 2. The van der Waals surface area contributed by atoms with Gasteiger partial charge in [-0.25, -0.2) is 0 Å². The van der Waals surface area contributed by atoms with Crippen molar-refractivity contribution in [2.75, 3.05) is 6.61 Å². The van der Waals surface area contributed by atoms with E-state index in [4.69, 9.17) is 15.1 Å². The summed E-state index contributed by atoms with van der Waals surface area (Å²) < 4.78 is 4.82. The molecular formula is C12H13NO3S. The normalized spacial score (nSPS) is 9.76. The Morgan fingerprint density at radius 1 is 1.53 bits per heavy atom. The van der Waals surface area contributed by atoms with Gasteiger partial charge in [0.05, 0.1) is 31.3 Å². The van der Waals surface area contributed by atoms with Crippen molar-refractivity contribution >= 4 is 18.6 Å². The highest BCUT2D eigenvalue weighted by atomic mass is 32.1. The van der Waals surface area contributed by atoms with E-state index in [1.165, 1.54) is 6.07 Å². The maximum atomic E-state index is 11.3. The summed E-state index contributed by atoms with van der Waals surface area (Å²) in [5.74, 6) is -0.381. The Kier molecular flexibility index (Phi) is 5.01. The molecule has 0 aliphatic carbocycles. The second-order valence-corrected chi connectivity index (χ2v) is 3.87. The first kappa shape index (κ1) is 13.6. The number of nitrogens with zero attached hydrogens (tertiary/aromatic N) is 1. The van der Waals surface area contributed by atoms with E-state index in [-0.39, 0.29) is 19.0 Å². The fraction of sp³-hybridized carbons (Fsp3) is 0.333. The number of esters is 1. The molecule has 0 heterocycles. The van der Waals surface area contributed by atoms with Gasteiger partial charge in [0.1, 0.15) is 0 Å². The van der Waals surface area contributed by atoms with Gasteiger partial charge in [0, 0.05) is 4.90 Å². The van der Waals surface area contributed by atoms with Crippen molar-refractivity contribution in [3.8, 4) is 6.07 Å². The van der Waals surface area contributed by atoms with Gasteiger partial charge in [-0.3, -0.25) is 4.79 Å². The van der Waals surface area contributed by atoms with Crippen LogP contribution in [0, 0.1) is 11.3 Å². The molecule has 0 unspecified atom stereocenters. The number of aliphatic hydroxyl groups excluding tert-OH is 1. The molecule has 0 atom stereocenters. The van der Waals surface area contributed by atoms with Crippen molar-refractivity contribution < 1.29 is 14.6 Å². The van der Waals surface area contributed by atoms with Crippen LogP contribution in [0.3, 0.4) is 0 Å². The summed E-state index contributed by atoms with van der Waals surface area (Å²) in [4.78, 5) is 11.9. The standard InChI is InChI=1S/C12H13NO3S/c1-2-16-12(15)5-8-4-11(17)10(7-14)3-9(8)6-13/h3-4,14,17H,2,5,7H2,1H3. The van der Waals surface area contributed by atoms with Crippen LogP contribution < -0.4 is 0 Å². The van der Waals surface area contributed by atoms with E-state index in [9.17, 15) is 4.79 Å². The largest absolute Gasteiger partial charge is 0.466 e. The lowest BCUT2D eigenvalue weighted by atomic mass is 10.0. The summed E-state index contributed by atoms with van der Waals surface area (Å²) in [5, 5.41) is 18.0. The Bertz CT molecular complexity index is 466. The molecule has 5 heteroatoms. The minimum Gasteiger partial charge on any atom is -0.466 e. The predicted molar refractivity (Wildman–Crippen MR) is 64.7 cm³/mol. The monoisotopic (exact) mass is 251 g/mol. The lowest BCUT2D eigenvalue weighted by molar-refractivity contribution is -0.142. The highest BCUT2D eigenvalue weighted by molar-refractivity contribution is 7.80. The highest BCUT2D eigenvalue weighted by Crippen LogP contribution is 2.20. The van der Waals surface area contributed by atoms with Crippen molar-refractivity contribution in [1.29, 1.82) is 5.26 Å². The molecule has 0 fully saturated rings. The Balaban J connectivity index is 3.03. The van der Waals surface area contributed by atoms with Crippen LogP contribution in [0.15, 0.2) is 17.0 Å². The van der Waals surface area contributed by atoms with Gasteiger partial charge in [0.2, 0.25) is 0 Å². The molecule has 90 valence electrons. The Morgan fingerprint density at radius 3 is 2.76 bits per heavy atom. The minimum atomic E-state index is -0.381. The summed E-state index contributed by atoms with van der Waals surface area (Å²) in [6, 6.07) is 5.15. The van der Waals surface area contributed by atoms with Crippen LogP contribution in [-0.4, -0.2) is 17.7 Å². The number of carbonyl (C=O) groups excluding carboxylic acids is 1. The van der Waals surface area contributed by atoms with Crippen LogP contribution in [0.4, 0.5) is 0 Å². The average Bonchev–Trinajstić information content (AvgIpc) is 2.29. The van der Waals surface area contributed by atoms with Crippen molar-refractivity contribution in [3.63, 3.8) is 0 Å². The van der Waals surface area contributed by atoms with E-state index >= 15 is 0 Å². The van der Waals surface area contributed by atoms with Gasteiger partial charge in [-0.2, -0.15) is 5.26 Å². The topological polar surface area (TPSA) is 70.3 Å². The SMILES string of the molecule is CCOC(=O)Cc1cc(S)c(CO)cc1C#N. The number of rotatable bonds is 4. The zero-order valence-electron chi connectivity index (χ0n) is 9.43. The second kappa shape index (κ2) is 6.28. The summed E-state index contributed by atoms with van der Waals surface area (Å²) in [6.45, 7) is 1.85. The molecule has 0 amide bonds. The van der Waals surface area contributed by atoms with Crippen LogP contribution in [0.5, 0.6) is 0 Å². The third kappa shape index (κ3) is 3.48. The number of benzene rings is 1. The first-order valence-corrected chi connectivity index (χ1v) is 5.58. The van der Waals surface area contributed by atoms with Crippen molar-refractivity contribution in [2.45, 2.75) is 24.8 Å². The molecule has 1 aromatic carbocycles. The van der Waals surface area contributed by atoms with E-state index in [1.807, 2.05) is 6.07 Å². The molecule has 0 radical (unpaired) electrons. The van der Waals surface area contributed by atoms with Crippen molar-refractivity contribution in [3.05, 3.63) is 28.8 Å². The number of aliphatic hydroxyl groups is 1. The molecule has 1 rings (SSSR count). The molecule has 4 nitrogen and oxygen atoms in total. The molecular weight excluding hydrogens is 238 g/mol. The van der Waals surface area contributed by atoms with Crippen LogP contribution in [-0.2, 0) is 22.6 Å². The van der Waals surface area contributed by atoms with Gasteiger partial charge >= 0.3 is 5.97 Å². The molecule has 17 heavy (non-hydrogen) atoms. The smallest absolute Gasteiger partial charge is 0.310 e. The Labute approximate surface area is 105 Å². The van der Waals surface area contributed by atoms with E-state index < -0.39 is 0 Å². The molecule has 1 aromatic rings. The van der Waals surface area contributed by atoms with Gasteiger partial charge in [-0.15, -0.1) is 12.6 Å². The maximum Gasteiger partial charge on any atom is 0.310 e. The first-order valence-electron chi connectivity index (χ1n) is 5.13. The van der Waals surface area contributed by atoms with E-state index in [2.05, 4.69) is 12.6 Å². The van der Waals surface area contributed by atoms with Crippen LogP contribution >= 0.6 is 12.6 Å². The number of nitriles is 1. The van der Waals surface area contributed by atoms with Crippen LogP contribution in [0.1, 0.15) is 23.6 Å². The lowest BCUT2D eigenvalue weighted by Gasteiger charge is -2.08. The summed E-state index contributed by atoms with van der Waals surface area (Å²) in [7, 11) is 0. The van der Waals surface area contributed by atoms with Crippen LogP contribution in [0.2, 0.25) is 0 Å². The zero-order valence-corrected chi connectivity index (χ0v) is 10.3. The molecule has 0 saturated heterocycles. The van der Waals surface area contributed by atoms with Gasteiger partial charge in [-0.05, 0) is 30.2 Å². The molecule has 0 aliphatic heterocycles. The van der Waals surface area contributed by atoms with Gasteiger partial charge in [0.25, 0.3) is 0 Å². The Morgan fingerprint density at radius 2 is 2.24 bits per heavy atom. The van der Waals surface area contributed by atoms with Gasteiger partial charge in [-0.1, -0.05) is 0 Å². The fourth-order valence-electron chi connectivity index (χ4n) is 1.42. The number of ether oxygens (including phenoxy) is 1. The Hall–Kier alpha value is -1.51. The minimum absolute atomic E-state index is 0.0377. The number of carbonyl (C=O) groups is 1. The van der Waals surface area contributed by atoms with E-state index in [0.717, 1.165) is 0 Å². The molecule has 0 spiro atoms. The fourth-order valence-corrected chi connectivity index (χ4v) is 1.71. The summed E-state index contributed by atoms with van der Waals surface area (Å²) in [5.41, 5.74) is 1.49. The van der Waals surface area contributed by atoms with Crippen molar-refractivity contribution in [2.24, 2.45) is 0 Å². The van der Waals surface area contributed by atoms with Gasteiger partial charge < -0.3 is 9.84 Å². The second-order valence-electron chi connectivity index (χ2n) is 3.39. The predicted octanol–water partition coefficient (Wildman–Crippen LogP) is 1.44. The quantitative estimate of drug-likeness (QED) is 0.627. The summed E-state index contributed by atoms with van der Waals surface area (Å²) in [6.07, 6.45) is 0.0377. The van der Waals surface area contributed by atoms with E-state index in [0.29, 0.717) is 28.2 Å². The zero-order chi connectivity index (χ0) is 12.8. The average molecular weight is 251 g/mol. The maximum absolute atomic E-state index is 11.3. The molecule has 0 bridgehead atoms. The molecule has 1 N–H and O–H groups in total. The molecule has 0 aromatic heterocycles. The van der Waals surface area contributed by atoms with Crippen LogP contribution in [0.25, 0.3) is 0 Å². The van der Waals surface area contributed by atoms with Gasteiger partial charge in [0.15, 0.2) is 0 Å². The van der Waals surface area contributed by atoms with E-state index in [1.54, 1.807) is 13.0 Å². The highest BCUT2D eigenvalue weighted by Gasteiger charge is 2.11.